The molecule has 0 fully saturated rings. The molecule has 0 radical (unpaired) electrons. The van der Waals surface area contributed by atoms with Gasteiger partial charge < -0.3 is 25.2 Å². The Morgan fingerprint density at radius 2 is 1.68 bits per heavy atom. The van der Waals surface area contributed by atoms with Crippen molar-refractivity contribution in [3.63, 3.8) is 0 Å². The largest absolute Gasteiger partial charge is 0.508 e. The smallest absolute Gasteiger partial charge is 0.191 e. The van der Waals surface area contributed by atoms with Crippen molar-refractivity contribution in [2.24, 2.45) is 4.99 Å². The average molecular weight is 499 g/mol. The second kappa shape index (κ2) is 14.1. The number of halogens is 1. The van der Waals surface area contributed by atoms with E-state index in [1.165, 1.54) is 0 Å². The number of aromatic hydroxyl groups is 1. The van der Waals surface area contributed by atoms with Crippen molar-refractivity contribution in [3.8, 4) is 11.5 Å². The van der Waals surface area contributed by atoms with E-state index in [1.807, 2.05) is 43.3 Å². The molecule has 0 aliphatic heterocycles. The Labute approximate surface area is 184 Å². The lowest BCUT2D eigenvalue weighted by atomic mass is 10.2. The number of aliphatic imine (C=N–C) groups is 1. The summed E-state index contributed by atoms with van der Waals surface area (Å²) < 4.78 is 10.6. The first-order chi connectivity index (χ1) is 13.2. The minimum atomic E-state index is 0. The predicted molar refractivity (Wildman–Crippen MR) is 124 cm³/mol. The maximum atomic E-state index is 9.39. The van der Waals surface area contributed by atoms with Crippen LogP contribution in [-0.2, 0) is 17.8 Å². The third-order valence-corrected chi connectivity index (χ3v) is 3.94. The molecule has 0 saturated carbocycles. The van der Waals surface area contributed by atoms with Crippen LogP contribution in [0.15, 0.2) is 53.5 Å². The van der Waals surface area contributed by atoms with Crippen molar-refractivity contribution in [3.05, 3.63) is 59.7 Å². The lowest BCUT2D eigenvalue weighted by Crippen LogP contribution is -2.37. The summed E-state index contributed by atoms with van der Waals surface area (Å²) in [7, 11) is 1.66. The van der Waals surface area contributed by atoms with Crippen LogP contribution in [0.3, 0.4) is 0 Å². The number of nitrogens with zero attached hydrogens (tertiary/aromatic N) is 1. The molecule has 2 aromatic rings. The maximum Gasteiger partial charge on any atom is 0.191 e. The quantitative estimate of drug-likeness (QED) is 0.201. The van der Waals surface area contributed by atoms with Crippen LogP contribution >= 0.6 is 24.0 Å². The molecule has 0 spiro atoms. The van der Waals surface area contributed by atoms with Crippen LogP contribution < -0.4 is 15.4 Å². The molecule has 6 nitrogen and oxygen atoms in total. The second-order valence-corrected chi connectivity index (χ2v) is 6.01. The lowest BCUT2D eigenvalue weighted by molar-refractivity contribution is 0.145. The molecule has 0 aromatic heterocycles. The van der Waals surface area contributed by atoms with E-state index in [1.54, 1.807) is 19.2 Å². The Bertz CT molecular complexity index is 691. The van der Waals surface area contributed by atoms with E-state index in [4.69, 9.17) is 9.47 Å². The molecular formula is C21H30IN3O3. The zero-order valence-corrected chi connectivity index (χ0v) is 18.8. The molecule has 0 aliphatic carbocycles. The molecule has 0 unspecified atom stereocenters. The molecule has 2 rings (SSSR count). The van der Waals surface area contributed by atoms with E-state index >= 15 is 0 Å². The number of phenolic OH excluding ortho intramolecular Hbond substituents is 1. The van der Waals surface area contributed by atoms with Crippen LogP contribution in [0, 0.1) is 0 Å². The van der Waals surface area contributed by atoms with Crippen LogP contribution in [0.5, 0.6) is 11.5 Å². The minimum absolute atomic E-state index is 0. The van der Waals surface area contributed by atoms with E-state index in [9.17, 15) is 5.11 Å². The van der Waals surface area contributed by atoms with E-state index in [2.05, 4.69) is 15.6 Å². The topological polar surface area (TPSA) is 75.1 Å². The van der Waals surface area contributed by atoms with Crippen LogP contribution in [0.25, 0.3) is 0 Å². The molecule has 154 valence electrons. The third kappa shape index (κ3) is 9.27. The Hall–Kier alpha value is -2.00. The Kier molecular flexibility index (Phi) is 12.1. The van der Waals surface area contributed by atoms with Crippen molar-refractivity contribution < 1.29 is 14.6 Å². The number of hydrogen-bond acceptors (Lipinski definition) is 4. The van der Waals surface area contributed by atoms with Gasteiger partial charge in [-0.1, -0.05) is 24.3 Å². The number of nitrogens with one attached hydrogen (secondary N) is 2. The second-order valence-electron chi connectivity index (χ2n) is 6.01. The van der Waals surface area contributed by atoms with Gasteiger partial charge in [0.25, 0.3) is 0 Å². The van der Waals surface area contributed by atoms with Crippen molar-refractivity contribution in [1.82, 2.24) is 10.6 Å². The zero-order chi connectivity index (χ0) is 19.3. The fraction of sp³-hybridized carbons (Fsp3) is 0.381. The molecule has 0 heterocycles. The van der Waals surface area contributed by atoms with Gasteiger partial charge in [-0.25, -0.2) is 4.99 Å². The summed E-state index contributed by atoms with van der Waals surface area (Å²) in [4.78, 5) is 4.66. The minimum Gasteiger partial charge on any atom is -0.508 e. The fourth-order valence-corrected chi connectivity index (χ4v) is 2.40. The molecule has 28 heavy (non-hydrogen) atoms. The van der Waals surface area contributed by atoms with Crippen molar-refractivity contribution >= 4 is 29.9 Å². The van der Waals surface area contributed by atoms with E-state index in [0.29, 0.717) is 13.1 Å². The van der Waals surface area contributed by atoms with Crippen molar-refractivity contribution in [2.45, 2.75) is 26.4 Å². The van der Waals surface area contributed by atoms with Crippen LogP contribution in [0.1, 0.15) is 24.5 Å². The highest BCUT2D eigenvalue weighted by Crippen LogP contribution is 2.12. The number of ether oxygens (including phenoxy) is 2. The lowest BCUT2D eigenvalue weighted by Gasteiger charge is -2.13. The number of benzene rings is 2. The average Bonchev–Trinajstić information content (AvgIpc) is 2.71. The molecule has 0 saturated heterocycles. The molecule has 0 amide bonds. The number of hydrogen-bond donors (Lipinski definition) is 3. The molecule has 0 atom stereocenters. The summed E-state index contributed by atoms with van der Waals surface area (Å²) in [5.41, 5.74) is 2.18. The van der Waals surface area contributed by atoms with Gasteiger partial charge in [-0.05, 0) is 48.7 Å². The molecule has 7 heteroatoms. The number of phenols is 1. The zero-order valence-electron chi connectivity index (χ0n) is 16.5. The summed E-state index contributed by atoms with van der Waals surface area (Å²) in [5, 5.41) is 16.1. The summed E-state index contributed by atoms with van der Waals surface area (Å²) in [6.45, 7) is 5.43. The summed E-state index contributed by atoms with van der Waals surface area (Å²) in [5.74, 6) is 1.85. The Morgan fingerprint density at radius 1 is 1.00 bits per heavy atom. The van der Waals surface area contributed by atoms with Gasteiger partial charge in [0.2, 0.25) is 0 Å². The predicted octanol–water partition coefficient (Wildman–Crippen LogP) is 3.68. The maximum absolute atomic E-state index is 9.39. The summed E-state index contributed by atoms with van der Waals surface area (Å²) >= 11 is 0. The van der Waals surface area contributed by atoms with Crippen molar-refractivity contribution in [2.75, 3.05) is 26.9 Å². The van der Waals surface area contributed by atoms with Gasteiger partial charge in [0, 0.05) is 26.3 Å². The van der Waals surface area contributed by atoms with Gasteiger partial charge >= 0.3 is 0 Å². The highest BCUT2D eigenvalue weighted by atomic mass is 127. The SMILES string of the molecule is CCOCCCNC(=NCc1ccc(OC)cc1)NCc1ccc(O)cc1.I. The Morgan fingerprint density at radius 3 is 2.32 bits per heavy atom. The van der Waals surface area contributed by atoms with Crippen LogP contribution in [0.2, 0.25) is 0 Å². The van der Waals surface area contributed by atoms with E-state index < -0.39 is 0 Å². The molecule has 3 N–H and O–H groups in total. The van der Waals surface area contributed by atoms with Gasteiger partial charge in [-0.3, -0.25) is 0 Å². The van der Waals surface area contributed by atoms with E-state index in [-0.39, 0.29) is 29.7 Å². The first-order valence-corrected chi connectivity index (χ1v) is 9.22. The first-order valence-electron chi connectivity index (χ1n) is 9.22. The molecular weight excluding hydrogens is 469 g/mol. The molecule has 0 bridgehead atoms. The standard InChI is InChI=1S/C21H29N3O3.HI/c1-3-27-14-4-13-22-21(23-15-17-5-9-19(25)10-6-17)24-16-18-7-11-20(26-2)12-8-18;/h5-12,25H,3-4,13-16H2,1-2H3,(H2,22,23,24);1H. The fourth-order valence-electron chi connectivity index (χ4n) is 2.40. The van der Waals surface area contributed by atoms with Crippen molar-refractivity contribution in [1.29, 1.82) is 0 Å². The van der Waals surface area contributed by atoms with Gasteiger partial charge in [0.1, 0.15) is 11.5 Å². The number of methoxy groups -OCH3 is 1. The molecule has 0 aliphatic rings. The Balaban J connectivity index is 0.00000392. The molecule has 2 aromatic carbocycles. The van der Waals surface area contributed by atoms with Crippen LogP contribution in [-0.4, -0.2) is 37.9 Å². The van der Waals surface area contributed by atoms with Crippen LogP contribution in [0.4, 0.5) is 0 Å². The van der Waals surface area contributed by atoms with Gasteiger partial charge in [-0.15, -0.1) is 24.0 Å². The number of guanidine groups is 1. The van der Waals surface area contributed by atoms with Gasteiger partial charge in [0.15, 0.2) is 5.96 Å². The first kappa shape index (κ1) is 24.0. The third-order valence-electron chi connectivity index (χ3n) is 3.94. The summed E-state index contributed by atoms with van der Waals surface area (Å²) in [6.07, 6.45) is 0.913. The van der Waals surface area contributed by atoms with Gasteiger partial charge in [-0.2, -0.15) is 0 Å². The normalized spacial score (nSPS) is 10.9. The number of rotatable bonds is 10. The van der Waals surface area contributed by atoms with E-state index in [0.717, 1.165) is 49.0 Å². The highest BCUT2D eigenvalue weighted by molar-refractivity contribution is 14.0. The van der Waals surface area contributed by atoms with Gasteiger partial charge in [0.05, 0.1) is 13.7 Å². The monoisotopic (exact) mass is 499 g/mol. The highest BCUT2D eigenvalue weighted by Gasteiger charge is 2.01. The summed E-state index contributed by atoms with van der Waals surface area (Å²) in [6, 6.07) is 15.0.